The average molecular weight is 186 g/mol. The summed E-state index contributed by atoms with van der Waals surface area (Å²) in [5, 5.41) is -0.288. The topological polar surface area (TPSA) is 20.3 Å². The van der Waals surface area contributed by atoms with Crippen LogP contribution in [0.5, 0.6) is 0 Å². The fraction of sp³-hybridized carbons (Fsp3) is 0.667. The summed E-state index contributed by atoms with van der Waals surface area (Å²) in [5.41, 5.74) is 0. The monoisotopic (exact) mass is 185 g/mol. The van der Waals surface area contributed by atoms with E-state index >= 15 is 0 Å². The van der Waals surface area contributed by atoms with Crippen LogP contribution in [0.3, 0.4) is 0 Å². The summed E-state index contributed by atoms with van der Waals surface area (Å²) >= 11 is 5.42. The van der Waals surface area contributed by atoms with E-state index < -0.39 is 0 Å². The summed E-state index contributed by atoms with van der Waals surface area (Å²) in [5.74, 6) is 1.33. The SMILES string of the molecule is O=C(Cl)N1CC2CC=CCC2C1. The molecule has 1 aliphatic heterocycles. The van der Waals surface area contributed by atoms with Crippen molar-refractivity contribution in [3.63, 3.8) is 0 Å². The van der Waals surface area contributed by atoms with Crippen molar-refractivity contribution in [2.24, 2.45) is 11.8 Å². The lowest BCUT2D eigenvalue weighted by Gasteiger charge is -2.17. The Labute approximate surface area is 77.2 Å². The molecule has 1 aliphatic carbocycles. The number of amides is 1. The molecule has 1 saturated heterocycles. The first-order valence-corrected chi connectivity index (χ1v) is 4.74. The van der Waals surface area contributed by atoms with Crippen LogP contribution in [-0.2, 0) is 0 Å². The predicted octanol–water partition coefficient (Wildman–Crippen LogP) is 2.24. The van der Waals surface area contributed by atoms with Gasteiger partial charge < -0.3 is 4.90 Å². The Morgan fingerprint density at radius 2 is 1.75 bits per heavy atom. The summed E-state index contributed by atoms with van der Waals surface area (Å²) in [7, 11) is 0. The number of hydrogen-bond acceptors (Lipinski definition) is 1. The van der Waals surface area contributed by atoms with Crippen molar-refractivity contribution < 1.29 is 4.79 Å². The highest BCUT2D eigenvalue weighted by molar-refractivity contribution is 6.62. The Bertz CT molecular complexity index is 211. The van der Waals surface area contributed by atoms with E-state index in [9.17, 15) is 4.79 Å². The van der Waals surface area contributed by atoms with Gasteiger partial charge in [-0.25, -0.2) is 0 Å². The molecule has 1 fully saturated rings. The first-order valence-electron chi connectivity index (χ1n) is 4.37. The number of nitrogens with zero attached hydrogens (tertiary/aromatic N) is 1. The maximum absolute atomic E-state index is 10.9. The molecule has 3 heteroatoms. The quantitative estimate of drug-likeness (QED) is 0.322. The van der Waals surface area contributed by atoms with Gasteiger partial charge >= 0.3 is 5.37 Å². The molecule has 12 heavy (non-hydrogen) atoms. The number of halogens is 1. The van der Waals surface area contributed by atoms with Crippen molar-refractivity contribution in [1.29, 1.82) is 0 Å². The van der Waals surface area contributed by atoms with Crippen molar-refractivity contribution in [3.8, 4) is 0 Å². The van der Waals surface area contributed by atoms with Crippen molar-refractivity contribution in [3.05, 3.63) is 12.2 Å². The van der Waals surface area contributed by atoms with Gasteiger partial charge in [-0.05, 0) is 36.3 Å². The molecule has 0 N–H and O–H groups in total. The zero-order chi connectivity index (χ0) is 8.55. The molecule has 2 atom stereocenters. The molecule has 0 spiro atoms. The lowest BCUT2D eigenvalue weighted by Crippen LogP contribution is -2.23. The third-order valence-corrected chi connectivity index (χ3v) is 3.11. The minimum Gasteiger partial charge on any atom is -0.329 e. The lowest BCUT2D eigenvalue weighted by atomic mass is 9.86. The van der Waals surface area contributed by atoms with Crippen LogP contribution in [0, 0.1) is 11.8 Å². The van der Waals surface area contributed by atoms with E-state index in [-0.39, 0.29) is 5.37 Å². The summed E-state index contributed by atoms with van der Waals surface area (Å²) in [6.07, 6.45) is 6.66. The Hall–Kier alpha value is -0.500. The van der Waals surface area contributed by atoms with Crippen molar-refractivity contribution in [2.75, 3.05) is 13.1 Å². The van der Waals surface area contributed by atoms with Gasteiger partial charge in [0.2, 0.25) is 0 Å². The van der Waals surface area contributed by atoms with Crippen LogP contribution in [0.15, 0.2) is 12.2 Å². The highest BCUT2D eigenvalue weighted by Crippen LogP contribution is 2.33. The van der Waals surface area contributed by atoms with Crippen LogP contribution < -0.4 is 0 Å². The molecule has 2 unspecified atom stereocenters. The van der Waals surface area contributed by atoms with E-state index in [1.54, 1.807) is 4.90 Å². The lowest BCUT2D eigenvalue weighted by molar-refractivity contribution is 0.230. The van der Waals surface area contributed by atoms with Crippen LogP contribution in [0.25, 0.3) is 0 Å². The second kappa shape index (κ2) is 3.09. The van der Waals surface area contributed by atoms with E-state index in [0.29, 0.717) is 11.8 Å². The zero-order valence-electron chi connectivity index (χ0n) is 6.87. The highest BCUT2D eigenvalue weighted by atomic mass is 35.5. The van der Waals surface area contributed by atoms with Crippen molar-refractivity contribution >= 4 is 17.0 Å². The number of carbonyl (C=O) groups excluding carboxylic acids is 1. The number of fused-ring (bicyclic) bond motifs is 1. The normalized spacial score (nSPS) is 33.6. The van der Waals surface area contributed by atoms with Gasteiger partial charge in [-0.2, -0.15) is 0 Å². The summed E-state index contributed by atoms with van der Waals surface area (Å²) in [6, 6.07) is 0. The first kappa shape index (κ1) is 8.11. The minimum absolute atomic E-state index is 0.288. The second-order valence-corrected chi connectivity index (χ2v) is 3.94. The number of likely N-dealkylation sites (tertiary alicyclic amines) is 1. The molecular weight excluding hydrogens is 174 g/mol. The van der Waals surface area contributed by atoms with Crippen LogP contribution >= 0.6 is 11.6 Å². The maximum Gasteiger partial charge on any atom is 0.316 e. The summed E-state index contributed by atoms with van der Waals surface area (Å²) in [4.78, 5) is 12.6. The Morgan fingerprint density at radius 3 is 2.17 bits per heavy atom. The molecule has 0 bridgehead atoms. The number of rotatable bonds is 0. The number of allylic oxidation sites excluding steroid dienone is 2. The average Bonchev–Trinajstić information content (AvgIpc) is 2.46. The third kappa shape index (κ3) is 1.36. The molecular formula is C9H12ClNO. The van der Waals surface area contributed by atoms with E-state index in [1.807, 2.05) is 0 Å². The van der Waals surface area contributed by atoms with Gasteiger partial charge in [0.25, 0.3) is 0 Å². The zero-order valence-corrected chi connectivity index (χ0v) is 7.63. The van der Waals surface area contributed by atoms with E-state index in [4.69, 9.17) is 11.6 Å². The second-order valence-electron chi connectivity index (χ2n) is 3.62. The standard InChI is InChI=1S/C9H12ClNO/c10-9(12)11-5-7-3-1-2-4-8(7)6-11/h1-2,7-8H,3-6H2. The summed E-state index contributed by atoms with van der Waals surface area (Å²) < 4.78 is 0. The highest BCUT2D eigenvalue weighted by Gasteiger charge is 2.34. The van der Waals surface area contributed by atoms with Gasteiger partial charge in [-0.15, -0.1) is 0 Å². The van der Waals surface area contributed by atoms with Gasteiger partial charge in [-0.3, -0.25) is 4.79 Å². The Balaban J connectivity index is 2.02. The van der Waals surface area contributed by atoms with Crippen LogP contribution in [0.4, 0.5) is 4.79 Å². The van der Waals surface area contributed by atoms with E-state index in [2.05, 4.69) is 12.2 Å². The molecule has 66 valence electrons. The molecule has 0 saturated carbocycles. The van der Waals surface area contributed by atoms with Crippen LogP contribution in [-0.4, -0.2) is 23.4 Å². The van der Waals surface area contributed by atoms with E-state index in [0.717, 1.165) is 25.9 Å². The number of hydrogen-bond donors (Lipinski definition) is 0. The fourth-order valence-corrected chi connectivity index (χ4v) is 2.30. The molecule has 2 nitrogen and oxygen atoms in total. The fourth-order valence-electron chi connectivity index (χ4n) is 2.16. The number of carbonyl (C=O) groups is 1. The molecule has 1 amide bonds. The molecule has 0 radical (unpaired) electrons. The molecule has 1 heterocycles. The Kier molecular flexibility index (Phi) is 2.09. The maximum atomic E-state index is 10.9. The first-order chi connectivity index (χ1) is 5.77. The molecule has 0 aromatic carbocycles. The smallest absolute Gasteiger partial charge is 0.316 e. The van der Waals surface area contributed by atoms with Crippen molar-refractivity contribution in [2.45, 2.75) is 12.8 Å². The largest absolute Gasteiger partial charge is 0.329 e. The summed E-state index contributed by atoms with van der Waals surface area (Å²) in [6.45, 7) is 1.72. The molecule has 2 rings (SSSR count). The van der Waals surface area contributed by atoms with Crippen LogP contribution in [0.1, 0.15) is 12.8 Å². The van der Waals surface area contributed by atoms with Gasteiger partial charge in [0.05, 0.1) is 0 Å². The van der Waals surface area contributed by atoms with Gasteiger partial charge in [0.1, 0.15) is 0 Å². The van der Waals surface area contributed by atoms with Crippen molar-refractivity contribution in [1.82, 2.24) is 4.90 Å². The molecule has 0 aromatic rings. The van der Waals surface area contributed by atoms with E-state index in [1.165, 1.54) is 0 Å². The Morgan fingerprint density at radius 1 is 1.25 bits per heavy atom. The molecule has 2 aliphatic rings. The van der Waals surface area contributed by atoms with Gasteiger partial charge in [-0.1, -0.05) is 12.2 Å². The predicted molar refractivity (Wildman–Crippen MR) is 48.2 cm³/mol. The van der Waals surface area contributed by atoms with Gasteiger partial charge in [0, 0.05) is 13.1 Å². The molecule has 0 aromatic heterocycles. The third-order valence-electron chi connectivity index (χ3n) is 2.87. The van der Waals surface area contributed by atoms with Gasteiger partial charge in [0.15, 0.2) is 0 Å². The minimum atomic E-state index is -0.288. The van der Waals surface area contributed by atoms with Crippen LogP contribution in [0.2, 0.25) is 0 Å².